The molecule has 134 valence electrons. The van der Waals surface area contributed by atoms with Crippen molar-refractivity contribution in [2.45, 2.75) is 67.8 Å². The first kappa shape index (κ1) is 14.8. The number of phenols is 1. The van der Waals surface area contributed by atoms with Gasteiger partial charge in [-0.05, 0) is 62.6 Å². The first-order valence-corrected chi connectivity index (χ1v) is 9.71. The van der Waals surface area contributed by atoms with E-state index in [1.165, 1.54) is 18.4 Å². The largest absolute Gasteiger partial charge is 0.504 e. The van der Waals surface area contributed by atoms with E-state index in [1.807, 2.05) is 6.07 Å². The van der Waals surface area contributed by atoms with E-state index in [0.29, 0.717) is 18.6 Å². The third kappa shape index (κ3) is 1.61. The maximum Gasteiger partial charge on any atom is 0.165 e. The van der Waals surface area contributed by atoms with Crippen LogP contribution in [-0.4, -0.2) is 57.2 Å². The Balaban J connectivity index is 1.57. The van der Waals surface area contributed by atoms with E-state index in [2.05, 4.69) is 4.90 Å². The van der Waals surface area contributed by atoms with Crippen molar-refractivity contribution in [1.29, 1.82) is 0 Å². The van der Waals surface area contributed by atoms with Crippen molar-refractivity contribution < 1.29 is 20.1 Å². The average molecular weight is 343 g/mol. The molecule has 0 aromatic heterocycles. The van der Waals surface area contributed by atoms with Crippen LogP contribution in [0.3, 0.4) is 0 Å². The minimum Gasteiger partial charge on any atom is -0.504 e. The fourth-order valence-corrected chi connectivity index (χ4v) is 6.46. The summed E-state index contributed by atoms with van der Waals surface area (Å²) in [5.41, 5.74) is 0.716. The highest BCUT2D eigenvalue weighted by Gasteiger charge is 2.72. The molecule has 1 aromatic rings. The van der Waals surface area contributed by atoms with E-state index in [-0.39, 0.29) is 11.8 Å². The molecule has 3 aliphatic carbocycles. The lowest BCUT2D eigenvalue weighted by Crippen LogP contribution is -2.77. The van der Waals surface area contributed by atoms with Crippen LogP contribution in [0.25, 0.3) is 0 Å². The van der Waals surface area contributed by atoms with Crippen molar-refractivity contribution in [2.24, 2.45) is 5.92 Å². The van der Waals surface area contributed by atoms with Gasteiger partial charge in [0.2, 0.25) is 0 Å². The van der Waals surface area contributed by atoms with E-state index in [0.717, 1.165) is 37.4 Å². The Morgan fingerprint density at radius 3 is 2.84 bits per heavy atom. The van der Waals surface area contributed by atoms with Gasteiger partial charge in [-0.1, -0.05) is 6.07 Å². The number of aromatic hydroxyl groups is 1. The number of aliphatic hydroxyl groups excluding tert-OH is 1. The number of phenolic OH excluding ortho intramolecular Hbond substituents is 1. The predicted octanol–water partition coefficient (Wildman–Crippen LogP) is 1.32. The fraction of sp³-hybridized carbons (Fsp3) is 0.700. The fourth-order valence-electron chi connectivity index (χ4n) is 6.46. The van der Waals surface area contributed by atoms with Crippen LogP contribution in [0.4, 0.5) is 0 Å². The third-order valence-corrected chi connectivity index (χ3v) is 7.73. The number of rotatable bonds is 2. The number of ether oxygens (including phenoxy) is 1. The van der Waals surface area contributed by atoms with Gasteiger partial charge >= 0.3 is 0 Å². The van der Waals surface area contributed by atoms with Crippen molar-refractivity contribution in [1.82, 2.24) is 4.90 Å². The molecular formula is C20H25NO4. The van der Waals surface area contributed by atoms with Gasteiger partial charge in [0.1, 0.15) is 6.10 Å². The molecule has 5 nitrogen and oxygen atoms in total. The van der Waals surface area contributed by atoms with Gasteiger partial charge in [-0.25, -0.2) is 0 Å². The number of hydrogen-bond donors (Lipinski definition) is 3. The van der Waals surface area contributed by atoms with Crippen LogP contribution < -0.4 is 4.74 Å². The van der Waals surface area contributed by atoms with Gasteiger partial charge in [-0.15, -0.1) is 0 Å². The molecule has 2 heterocycles. The summed E-state index contributed by atoms with van der Waals surface area (Å²) in [6.45, 7) is 2.02. The zero-order chi connectivity index (χ0) is 17.0. The smallest absolute Gasteiger partial charge is 0.165 e. The third-order valence-electron chi connectivity index (χ3n) is 7.73. The van der Waals surface area contributed by atoms with Crippen molar-refractivity contribution >= 4 is 0 Å². The summed E-state index contributed by atoms with van der Waals surface area (Å²) < 4.78 is 6.14. The van der Waals surface area contributed by atoms with E-state index in [9.17, 15) is 15.3 Å². The molecule has 1 saturated heterocycles. The van der Waals surface area contributed by atoms with Crippen molar-refractivity contribution in [3.8, 4) is 11.5 Å². The molecule has 0 unspecified atom stereocenters. The molecule has 5 heteroatoms. The van der Waals surface area contributed by atoms with Crippen molar-refractivity contribution in [2.75, 3.05) is 13.1 Å². The Morgan fingerprint density at radius 1 is 1.20 bits per heavy atom. The highest BCUT2D eigenvalue weighted by Crippen LogP contribution is 2.65. The summed E-state index contributed by atoms with van der Waals surface area (Å²) in [5.74, 6) is 1.44. The predicted molar refractivity (Wildman–Crippen MR) is 90.8 cm³/mol. The minimum atomic E-state index is -0.879. The molecule has 6 rings (SSSR count). The van der Waals surface area contributed by atoms with Crippen LogP contribution in [0.2, 0.25) is 0 Å². The average Bonchev–Trinajstić information content (AvgIpc) is 3.32. The van der Waals surface area contributed by atoms with Crippen molar-refractivity contribution in [3.05, 3.63) is 23.3 Å². The quantitative estimate of drug-likeness (QED) is 0.755. The zero-order valence-electron chi connectivity index (χ0n) is 14.3. The van der Waals surface area contributed by atoms with Gasteiger partial charge in [-0.2, -0.15) is 0 Å². The van der Waals surface area contributed by atoms with Crippen LogP contribution in [0.15, 0.2) is 12.1 Å². The number of piperidine rings is 1. The molecule has 2 aliphatic heterocycles. The normalized spacial score (nSPS) is 44.3. The second-order valence-electron chi connectivity index (χ2n) is 8.90. The van der Waals surface area contributed by atoms with Gasteiger partial charge in [-0.3, -0.25) is 4.90 Å². The summed E-state index contributed by atoms with van der Waals surface area (Å²) in [4.78, 5) is 2.51. The molecule has 5 aliphatic rings. The zero-order valence-corrected chi connectivity index (χ0v) is 14.3. The number of benzene rings is 1. The first-order valence-electron chi connectivity index (χ1n) is 9.71. The Hall–Kier alpha value is -1.30. The summed E-state index contributed by atoms with van der Waals surface area (Å²) in [6.07, 6.45) is 4.35. The first-order chi connectivity index (χ1) is 12.0. The molecule has 1 spiro atoms. The number of hydrogen-bond acceptors (Lipinski definition) is 5. The summed E-state index contributed by atoms with van der Waals surface area (Å²) in [5, 5.41) is 33.1. The molecule has 3 fully saturated rings. The van der Waals surface area contributed by atoms with Gasteiger partial charge in [0, 0.05) is 18.2 Å². The van der Waals surface area contributed by atoms with Crippen LogP contribution in [0, 0.1) is 5.92 Å². The van der Waals surface area contributed by atoms with Crippen LogP contribution >= 0.6 is 0 Å². The molecule has 25 heavy (non-hydrogen) atoms. The van der Waals surface area contributed by atoms with E-state index in [1.54, 1.807) is 6.07 Å². The Labute approximate surface area is 147 Å². The molecule has 2 bridgehead atoms. The van der Waals surface area contributed by atoms with E-state index >= 15 is 0 Å². The number of likely N-dealkylation sites (tertiary alicyclic amines) is 1. The highest BCUT2D eigenvalue weighted by atomic mass is 16.5. The minimum absolute atomic E-state index is 0.0865. The second kappa shape index (κ2) is 4.51. The van der Waals surface area contributed by atoms with E-state index < -0.39 is 23.2 Å². The Morgan fingerprint density at radius 2 is 2.04 bits per heavy atom. The van der Waals surface area contributed by atoms with Gasteiger partial charge in [0.25, 0.3) is 0 Å². The highest BCUT2D eigenvalue weighted by molar-refractivity contribution is 5.62. The van der Waals surface area contributed by atoms with E-state index in [4.69, 9.17) is 4.74 Å². The van der Waals surface area contributed by atoms with Crippen LogP contribution in [0.1, 0.15) is 43.2 Å². The number of nitrogens with zero attached hydrogens (tertiary/aromatic N) is 1. The van der Waals surface area contributed by atoms with Crippen LogP contribution in [0.5, 0.6) is 11.5 Å². The second-order valence-corrected chi connectivity index (χ2v) is 8.90. The molecule has 0 amide bonds. The SMILES string of the molecule is Oc1ccc2c3c1O[C@@H]1[C@H](O)CC[C@]4(O)[C@H](C2)N(CC2CC2)CC[C@@]314. The molecule has 5 atom stereocenters. The lowest BCUT2D eigenvalue weighted by Gasteiger charge is -2.63. The Bertz CT molecular complexity index is 762. The maximum absolute atomic E-state index is 12.0. The lowest BCUT2D eigenvalue weighted by atomic mass is 9.48. The van der Waals surface area contributed by atoms with Gasteiger partial charge < -0.3 is 20.1 Å². The molecule has 2 saturated carbocycles. The molecule has 0 radical (unpaired) electrons. The standard InChI is InChI=1S/C20H25NO4/c22-13-4-3-12-9-15-20(24)6-5-14(23)18-19(20,16(12)17(13)25-18)7-8-21(15)10-11-1-2-11/h3-4,11,14-15,18,22-24H,1-2,5-10H2/t14-,15+,18-,19-,20+/m1/s1. The maximum atomic E-state index is 12.0. The monoisotopic (exact) mass is 343 g/mol. The Kier molecular flexibility index (Phi) is 2.67. The lowest BCUT2D eigenvalue weighted by molar-refractivity contribution is -0.208. The topological polar surface area (TPSA) is 73.2 Å². The molecule has 1 aromatic carbocycles. The van der Waals surface area contributed by atoms with Crippen molar-refractivity contribution in [3.63, 3.8) is 0 Å². The van der Waals surface area contributed by atoms with Gasteiger partial charge in [0.15, 0.2) is 11.5 Å². The van der Waals surface area contributed by atoms with Gasteiger partial charge in [0.05, 0.1) is 17.1 Å². The van der Waals surface area contributed by atoms with Crippen LogP contribution in [-0.2, 0) is 11.8 Å². The summed E-state index contributed by atoms with van der Waals surface area (Å²) >= 11 is 0. The summed E-state index contributed by atoms with van der Waals surface area (Å²) in [6, 6.07) is 3.79. The summed E-state index contributed by atoms with van der Waals surface area (Å²) in [7, 11) is 0. The number of aliphatic hydroxyl groups is 2. The molecule has 3 N–H and O–H groups in total. The molecular weight excluding hydrogens is 318 g/mol.